The van der Waals surface area contributed by atoms with Crippen molar-refractivity contribution in [3.05, 3.63) is 11.9 Å². The van der Waals surface area contributed by atoms with E-state index in [-0.39, 0.29) is 11.8 Å². The van der Waals surface area contributed by atoms with Crippen LogP contribution in [0.5, 0.6) is 0 Å². The number of aryl methyl sites for hydroxylation is 1. The summed E-state index contributed by atoms with van der Waals surface area (Å²) in [4.78, 5) is 16.3. The van der Waals surface area contributed by atoms with Gasteiger partial charge in [0.2, 0.25) is 5.95 Å². The zero-order valence-corrected chi connectivity index (χ0v) is 9.22. The Morgan fingerprint density at radius 1 is 1.24 bits per heavy atom. The molecule has 0 amide bonds. The number of anilines is 2. The maximum Gasteiger partial charge on any atom is 0.224 e. The van der Waals surface area contributed by atoms with E-state index in [0.29, 0.717) is 17.6 Å². The third-order valence-corrected chi connectivity index (χ3v) is 2.26. The molecule has 2 aromatic heterocycles. The number of nitrogens with two attached hydrogens (primary N) is 2. The quantitative estimate of drug-likeness (QED) is 0.587. The molecule has 6 heteroatoms. The lowest BCUT2D eigenvalue weighted by molar-refractivity contribution is 0.829. The number of unbranched alkanes of at least 4 members (excludes halogenated alkanes) is 1. The molecule has 0 bridgehead atoms. The molecule has 6 nitrogen and oxygen atoms in total. The molecule has 0 aliphatic heterocycles. The number of nitrogens with zero attached hydrogens (tertiary/aromatic N) is 4. The fourth-order valence-electron chi connectivity index (χ4n) is 1.47. The SMILES string of the molecule is C#CCCCc1cnc2nc(N)nc(N)c2n1. The van der Waals surface area contributed by atoms with Crippen LogP contribution in [0.2, 0.25) is 0 Å². The molecule has 86 valence electrons. The molecule has 2 heterocycles. The summed E-state index contributed by atoms with van der Waals surface area (Å²) in [6.07, 6.45) is 9.19. The van der Waals surface area contributed by atoms with E-state index < -0.39 is 0 Å². The van der Waals surface area contributed by atoms with Crippen LogP contribution in [0.25, 0.3) is 11.2 Å². The van der Waals surface area contributed by atoms with E-state index in [0.717, 1.165) is 18.5 Å². The Kier molecular flexibility index (Phi) is 3.01. The third kappa shape index (κ3) is 2.39. The molecular formula is C11H12N6. The Labute approximate surface area is 98.5 Å². The summed E-state index contributed by atoms with van der Waals surface area (Å²) in [7, 11) is 0. The van der Waals surface area contributed by atoms with E-state index in [2.05, 4.69) is 25.9 Å². The molecule has 0 aliphatic carbocycles. The second-order valence-corrected chi connectivity index (χ2v) is 3.56. The molecule has 2 rings (SSSR count). The average molecular weight is 228 g/mol. The van der Waals surface area contributed by atoms with Crippen molar-refractivity contribution in [1.82, 2.24) is 19.9 Å². The summed E-state index contributed by atoms with van der Waals surface area (Å²) in [5.41, 5.74) is 12.9. The Morgan fingerprint density at radius 2 is 2.06 bits per heavy atom. The Balaban J connectivity index is 2.34. The largest absolute Gasteiger partial charge is 0.382 e. The first kappa shape index (κ1) is 11.1. The van der Waals surface area contributed by atoms with Crippen molar-refractivity contribution < 1.29 is 0 Å². The molecule has 0 unspecified atom stereocenters. The molecular weight excluding hydrogens is 216 g/mol. The molecule has 4 N–H and O–H groups in total. The van der Waals surface area contributed by atoms with Gasteiger partial charge >= 0.3 is 0 Å². The predicted molar refractivity (Wildman–Crippen MR) is 65.7 cm³/mol. The summed E-state index contributed by atoms with van der Waals surface area (Å²) in [5.74, 6) is 2.93. The molecule has 0 aliphatic rings. The van der Waals surface area contributed by atoms with Gasteiger partial charge in [0.15, 0.2) is 17.0 Å². The number of aromatic nitrogens is 4. The maximum absolute atomic E-state index is 5.71. The normalized spacial score (nSPS) is 10.3. The number of fused-ring (bicyclic) bond motifs is 1. The average Bonchev–Trinajstić information content (AvgIpc) is 2.30. The number of nitrogen functional groups attached to an aromatic ring is 2. The highest BCUT2D eigenvalue weighted by Gasteiger charge is 2.07. The van der Waals surface area contributed by atoms with Crippen molar-refractivity contribution in [2.24, 2.45) is 0 Å². The minimum absolute atomic E-state index is 0.101. The van der Waals surface area contributed by atoms with Crippen LogP contribution in [0, 0.1) is 12.3 Å². The van der Waals surface area contributed by atoms with Gasteiger partial charge in [0.1, 0.15) is 0 Å². The van der Waals surface area contributed by atoms with E-state index in [1.165, 1.54) is 0 Å². The van der Waals surface area contributed by atoms with Gasteiger partial charge in [-0.2, -0.15) is 9.97 Å². The lowest BCUT2D eigenvalue weighted by Gasteiger charge is -2.03. The van der Waals surface area contributed by atoms with Gasteiger partial charge in [-0.25, -0.2) is 9.97 Å². The minimum Gasteiger partial charge on any atom is -0.382 e. The van der Waals surface area contributed by atoms with Gasteiger partial charge < -0.3 is 11.5 Å². The summed E-state index contributed by atoms with van der Waals surface area (Å²) in [5, 5.41) is 0. The van der Waals surface area contributed by atoms with Crippen molar-refractivity contribution in [3.8, 4) is 12.3 Å². The third-order valence-electron chi connectivity index (χ3n) is 2.26. The van der Waals surface area contributed by atoms with E-state index >= 15 is 0 Å². The van der Waals surface area contributed by atoms with Crippen molar-refractivity contribution in [2.75, 3.05) is 11.5 Å². The summed E-state index contributed by atoms with van der Waals surface area (Å²) in [6.45, 7) is 0. The summed E-state index contributed by atoms with van der Waals surface area (Å²) >= 11 is 0. The number of rotatable bonds is 3. The second-order valence-electron chi connectivity index (χ2n) is 3.56. The minimum atomic E-state index is 0.101. The van der Waals surface area contributed by atoms with Crippen molar-refractivity contribution in [1.29, 1.82) is 0 Å². The molecule has 0 saturated carbocycles. The first-order valence-corrected chi connectivity index (χ1v) is 5.19. The van der Waals surface area contributed by atoms with Crippen LogP contribution >= 0.6 is 0 Å². The number of hydrogen-bond donors (Lipinski definition) is 2. The highest BCUT2D eigenvalue weighted by Crippen LogP contribution is 2.15. The molecule has 0 radical (unpaired) electrons. The van der Waals surface area contributed by atoms with Gasteiger partial charge in [-0.1, -0.05) is 0 Å². The van der Waals surface area contributed by atoms with Crippen LogP contribution in [-0.2, 0) is 6.42 Å². The standard InChI is InChI=1S/C11H12N6/c1-2-3-4-5-7-6-14-10-8(15-7)9(12)16-11(13)17-10/h1,6H,3-5H2,(H4,12,13,14,16,17). The second kappa shape index (κ2) is 4.61. The summed E-state index contributed by atoms with van der Waals surface area (Å²) in [6, 6.07) is 0. The zero-order valence-electron chi connectivity index (χ0n) is 9.22. The molecule has 0 saturated heterocycles. The van der Waals surface area contributed by atoms with E-state index in [9.17, 15) is 0 Å². The monoisotopic (exact) mass is 228 g/mol. The molecule has 0 spiro atoms. The van der Waals surface area contributed by atoms with Crippen molar-refractivity contribution in [2.45, 2.75) is 19.3 Å². The number of terminal acetylenes is 1. The van der Waals surface area contributed by atoms with Crippen LogP contribution in [0.1, 0.15) is 18.5 Å². The van der Waals surface area contributed by atoms with Crippen LogP contribution in [0.15, 0.2) is 6.20 Å². The fraction of sp³-hybridized carbons (Fsp3) is 0.273. The lowest BCUT2D eigenvalue weighted by Crippen LogP contribution is -2.04. The smallest absolute Gasteiger partial charge is 0.224 e. The van der Waals surface area contributed by atoms with E-state index in [4.69, 9.17) is 17.9 Å². The van der Waals surface area contributed by atoms with Gasteiger partial charge in [0, 0.05) is 6.42 Å². The van der Waals surface area contributed by atoms with Crippen molar-refractivity contribution >= 4 is 22.9 Å². The highest BCUT2D eigenvalue weighted by atomic mass is 15.1. The predicted octanol–water partition coefficient (Wildman–Crippen LogP) is 0.540. The van der Waals surface area contributed by atoms with Gasteiger partial charge in [-0.15, -0.1) is 12.3 Å². The highest BCUT2D eigenvalue weighted by molar-refractivity contribution is 5.81. The van der Waals surface area contributed by atoms with E-state index in [1.807, 2.05) is 0 Å². The van der Waals surface area contributed by atoms with Gasteiger partial charge in [-0.05, 0) is 12.8 Å². The molecule has 17 heavy (non-hydrogen) atoms. The molecule has 2 aromatic rings. The molecule has 0 fully saturated rings. The Hall–Kier alpha value is -2.42. The lowest BCUT2D eigenvalue weighted by atomic mass is 10.2. The zero-order chi connectivity index (χ0) is 12.3. The molecule has 0 atom stereocenters. The van der Waals surface area contributed by atoms with Gasteiger partial charge in [0.05, 0.1) is 11.9 Å². The first-order valence-electron chi connectivity index (χ1n) is 5.19. The summed E-state index contributed by atoms with van der Waals surface area (Å²) < 4.78 is 0. The van der Waals surface area contributed by atoms with Crippen LogP contribution in [-0.4, -0.2) is 19.9 Å². The Bertz CT molecular complexity index is 586. The number of hydrogen-bond acceptors (Lipinski definition) is 6. The molecule has 0 aromatic carbocycles. The van der Waals surface area contributed by atoms with Crippen LogP contribution < -0.4 is 11.5 Å². The first-order chi connectivity index (χ1) is 8.20. The maximum atomic E-state index is 5.71. The topological polar surface area (TPSA) is 104 Å². The van der Waals surface area contributed by atoms with Gasteiger partial charge in [-0.3, -0.25) is 0 Å². The van der Waals surface area contributed by atoms with Crippen molar-refractivity contribution in [3.63, 3.8) is 0 Å². The van der Waals surface area contributed by atoms with Crippen LogP contribution in [0.4, 0.5) is 11.8 Å². The van der Waals surface area contributed by atoms with Gasteiger partial charge in [0.25, 0.3) is 0 Å². The fourth-order valence-corrected chi connectivity index (χ4v) is 1.47. The van der Waals surface area contributed by atoms with E-state index in [1.54, 1.807) is 6.20 Å². The Morgan fingerprint density at radius 3 is 2.82 bits per heavy atom. The van der Waals surface area contributed by atoms with Crippen LogP contribution in [0.3, 0.4) is 0 Å².